The number of hydrogen-bond donors (Lipinski definition) is 2. The normalized spacial score (nSPS) is 12.9. The molecule has 0 aromatic heterocycles. The van der Waals surface area contributed by atoms with Crippen LogP contribution in [0.3, 0.4) is 0 Å². The van der Waals surface area contributed by atoms with Crippen LogP contribution in [0.1, 0.15) is 36.9 Å². The Labute approximate surface area is 159 Å². The van der Waals surface area contributed by atoms with Crippen LogP contribution in [-0.4, -0.2) is 29.2 Å². The van der Waals surface area contributed by atoms with Crippen LogP contribution in [0.5, 0.6) is 11.5 Å². The SMILES string of the molecule is COc1cc(F)c(S(=O)(=O)NCC(N)c2ccc(C(C)C)cc2)cc1OC. The highest BCUT2D eigenvalue weighted by atomic mass is 32.2. The van der Waals surface area contributed by atoms with Crippen molar-refractivity contribution in [3.05, 3.63) is 53.3 Å². The molecule has 0 aliphatic heterocycles. The standard InChI is InChI=1S/C19H25FN2O4S/c1-12(2)13-5-7-14(8-6-13)16(21)11-22-27(23,24)19-10-18(26-4)17(25-3)9-15(19)20/h5-10,12,16,22H,11,21H2,1-4H3. The van der Waals surface area contributed by atoms with Crippen molar-refractivity contribution in [2.75, 3.05) is 20.8 Å². The minimum atomic E-state index is -4.11. The molecule has 2 aromatic rings. The number of ether oxygens (including phenoxy) is 2. The highest BCUT2D eigenvalue weighted by Gasteiger charge is 2.23. The lowest BCUT2D eigenvalue weighted by molar-refractivity contribution is 0.350. The van der Waals surface area contributed by atoms with Crippen molar-refractivity contribution in [1.29, 1.82) is 0 Å². The van der Waals surface area contributed by atoms with Crippen molar-refractivity contribution in [2.45, 2.75) is 30.7 Å². The summed E-state index contributed by atoms with van der Waals surface area (Å²) in [4.78, 5) is -0.525. The first-order chi connectivity index (χ1) is 12.7. The predicted octanol–water partition coefficient (Wildman–Crippen LogP) is 2.94. The average Bonchev–Trinajstić information content (AvgIpc) is 2.65. The molecule has 0 heterocycles. The number of rotatable bonds is 8. The molecular weight excluding hydrogens is 371 g/mol. The molecule has 0 saturated heterocycles. The summed E-state index contributed by atoms with van der Waals surface area (Å²) >= 11 is 0. The monoisotopic (exact) mass is 396 g/mol. The summed E-state index contributed by atoms with van der Waals surface area (Å²) in [6.07, 6.45) is 0. The summed E-state index contributed by atoms with van der Waals surface area (Å²) in [5.74, 6) is -0.319. The highest BCUT2D eigenvalue weighted by molar-refractivity contribution is 7.89. The van der Waals surface area contributed by atoms with E-state index in [1.165, 1.54) is 19.8 Å². The van der Waals surface area contributed by atoms with Crippen molar-refractivity contribution in [3.63, 3.8) is 0 Å². The van der Waals surface area contributed by atoms with Crippen molar-refractivity contribution in [1.82, 2.24) is 4.72 Å². The van der Waals surface area contributed by atoms with E-state index in [-0.39, 0.29) is 18.0 Å². The van der Waals surface area contributed by atoms with Crippen molar-refractivity contribution >= 4 is 10.0 Å². The van der Waals surface area contributed by atoms with Gasteiger partial charge in [0, 0.05) is 24.7 Å². The van der Waals surface area contributed by atoms with Gasteiger partial charge in [0.2, 0.25) is 10.0 Å². The number of sulfonamides is 1. The van der Waals surface area contributed by atoms with E-state index in [1.54, 1.807) is 0 Å². The van der Waals surface area contributed by atoms with Crippen LogP contribution in [0.4, 0.5) is 4.39 Å². The van der Waals surface area contributed by atoms with Crippen LogP contribution in [0.15, 0.2) is 41.3 Å². The highest BCUT2D eigenvalue weighted by Crippen LogP contribution is 2.31. The number of nitrogens with one attached hydrogen (secondary N) is 1. The van der Waals surface area contributed by atoms with E-state index in [1.807, 2.05) is 24.3 Å². The minimum Gasteiger partial charge on any atom is -0.493 e. The van der Waals surface area contributed by atoms with Gasteiger partial charge in [-0.3, -0.25) is 0 Å². The third kappa shape index (κ3) is 4.97. The van der Waals surface area contributed by atoms with Crippen molar-refractivity contribution in [3.8, 4) is 11.5 Å². The van der Waals surface area contributed by atoms with E-state index in [2.05, 4.69) is 18.6 Å². The van der Waals surface area contributed by atoms with Gasteiger partial charge in [-0.25, -0.2) is 17.5 Å². The average molecular weight is 396 g/mol. The van der Waals surface area contributed by atoms with Gasteiger partial charge in [-0.2, -0.15) is 0 Å². The number of hydrogen-bond acceptors (Lipinski definition) is 5. The summed E-state index contributed by atoms with van der Waals surface area (Å²) < 4.78 is 51.6. The van der Waals surface area contributed by atoms with E-state index in [9.17, 15) is 12.8 Å². The van der Waals surface area contributed by atoms with E-state index in [4.69, 9.17) is 15.2 Å². The largest absolute Gasteiger partial charge is 0.493 e. The smallest absolute Gasteiger partial charge is 0.243 e. The lowest BCUT2D eigenvalue weighted by Crippen LogP contribution is -2.32. The lowest BCUT2D eigenvalue weighted by atomic mass is 9.99. The summed E-state index contributed by atoms with van der Waals surface area (Å²) in [6, 6.07) is 9.14. The van der Waals surface area contributed by atoms with Crippen LogP contribution in [-0.2, 0) is 10.0 Å². The predicted molar refractivity (Wildman–Crippen MR) is 102 cm³/mol. The van der Waals surface area contributed by atoms with E-state index in [0.29, 0.717) is 5.92 Å². The topological polar surface area (TPSA) is 90.7 Å². The third-order valence-electron chi connectivity index (χ3n) is 4.25. The Kier molecular flexibility index (Phi) is 6.80. The number of benzene rings is 2. The van der Waals surface area contributed by atoms with Crippen LogP contribution < -0.4 is 19.9 Å². The van der Waals surface area contributed by atoms with Gasteiger partial charge in [-0.15, -0.1) is 0 Å². The zero-order valence-electron chi connectivity index (χ0n) is 15.8. The molecule has 148 valence electrons. The van der Waals surface area contributed by atoms with Gasteiger partial charge in [0.1, 0.15) is 10.7 Å². The molecule has 0 aliphatic carbocycles. The fraction of sp³-hybridized carbons (Fsp3) is 0.368. The summed E-state index contributed by atoms with van der Waals surface area (Å²) in [7, 11) is -1.43. The Bertz CT molecular complexity index is 883. The van der Waals surface area contributed by atoms with Crippen LogP contribution in [0.2, 0.25) is 0 Å². The van der Waals surface area contributed by atoms with E-state index < -0.39 is 26.8 Å². The molecule has 27 heavy (non-hydrogen) atoms. The first kappa shape index (κ1) is 21.1. The van der Waals surface area contributed by atoms with E-state index in [0.717, 1.165) is 17.7 Å². The summed E-state index contributed by atoms with van der Waals surface area (Å²) in [5, 5.41) is 0. The molecule has 0 radical (unpaired) electrons. The van der Waals surface area contributed by atoms with Crippen LogP contribution >= 0.6 is 0 Å². The van der Waals surface area contributed by atoms with Gasteiger partial charge < -0.3 is 15.2 Å². The maximum absolute atomic E-state index is 14.2. The van der Waals surface area contributed by atoms with Gasteiger partial charge in [-0.1, -0.05) is 38.1 Å². The molecule has 0 spiro atoms. The Hall–Kier alpha value is -2.16. The first-order valence-corrected chi connectivity index (χ1v) is 9.94. The molecule has 0 aliphatic rings. The first-order valence-electron chi connectivity index (χ1n) is 8.46. The zero-order valence-corrected chi connectivity index (χ0v) is 16.6. The fourth-order valence-corrected chi connectivity index (χ4v) is 3.70. The number of nitrogens with two attached hydrogens (primary N) is 1. The molecule has 6 nitrogen and oxygen atoms in total. The number of halogens is 1. The molecule has 8 heteroatoms. The molecule has 2 rings (SSSR count). The van der Waals surface area contributed by atoms with Crippen molar-refractivity contribution in [2.24, 2.45) is 5.73 Å². The Morgan fingerprint density at radius 1 is 1.04 bits per heavy atom. The molecule has 0 saturated carbocycles. The lowest BCUT2D eigenvalue weighted by Gasteiger charge is -2.16. The van der Waals surface area contributed by atoms with Crippen LogP contribution in [0, 0.1) is 5.82 Å². The molecule has 2 aromatic carbocycles. The zero-order chi connectivity index (χ0) is 20.2. The van der Waals surface area contributed by atoms with Gasteiger partial charge in [0.15, 0.2) is 11.5 Å². The minimum absolute atomic E-state index is 0.0723. The second-order valence-corrected chi connectivity index (χ2v) is 8.15. The quantitative estimate of drug-likeness (QED) is 0.716. The summed E-state index contributed by atoms with van der Waals surface area (Å²) in [6.45, 7) is 4.10. The summed E-state index contributed by atoms with van der Waals surface area (Å²) in [5.41, 5.74) is 8.03. The molecular formula is C19H25FN2O4S. The Balaban J connectivity index is 2.16. The molecule has 0 bridgehead atoms. The van der Waals surface area contributed by atoms with Crippen LogP contribution in [0.25, 0.3) is 0 Å². The van der Waals surface area contributed by atoms with E-state index >= 15 is 0 Å². The van der Waals surface area contributed by atoms with Crippen molar-refractivity contribution < 1.29 is 22.3 Å². The van der Waals surface area contributed by atoms with Gasteiger partial charge in [0.05, 0.1) is 14.2 Å². The molecule has 0 amide bonds. The fourth-order valence-electron chi connectivity index (χ4n) is 2.56. The Morgan fingerprint density at radius 3 is 2.07 bits per heavy atom. The maximum Gasteiger partial charge on any atom is 0.243 e. The molecule has 1 atom stereocenters. The van der Waals surface area contributed by atoms with Gasteiger partial charge in [-0.05, 0) is 17.0 Å². The molecule has 1 unspecified atom stereocenters. The van der Waals surface area contributed by atoms with Gasteiger partial charge >= 0.3 is 0 Å². The Morgan fingerprint density at radius 2 is 1.56 bits per heavy atom. The molecule has 0 fully saturated rings. The van der Waals surface area contributed by atoms with Gasteiger partial charge in [0.25, 0.3) is 0 Å². The number of methoxy groups -OCH3 is 2. The maximum atomic E-state index is 14.2. The third-order valence-corrected chi connectivity index (χ3v) is 5.69. The second kappa shape index (κ2) is 8.69. The second-order valence-electron chi connectivity index (χ2n) is 6.42. The molecule has 3 N–H and O–H groups in total.